The fraction of sp³-hybridized carbons (Fsp3) is 0.214. The maximum atomic E-state index is 12.1. The number of nitrogens with two attached hydrogens (primary N) is 1. The van der Waals surface area contributed by atoms with Crippen LogP contribution >= 0.6 is 0 Å². The van der Waals surface area contributed by atoms with E-state index >= 15 is 0 Å². The molecule has 0 aliphatic carbocycles. The van der Waals surface area contributed by atoms with Crippen molar-refractivity contribution in [2.24, 2.45) is 0 Å². The Bertz CT molecular complexity index is 553. The molecule has 18 heavy (non-hydrogen) atoms. The Balaban J connectivity index is 2.27. The SMILES string of the molecule is CCc1occc1C(=O)Nc1c(C)cccc1N. The van der Waals surface area contributed by atoms with Crippen molar-refractivity contribution < 1.29 is 9.21 Å². The third-order valence-electron chi connectivity index (χ3n) is 2.85. The number of furan rings is 1. The quantitative estimate of drug-likeness (QED) is 0.815. The second-order valence-electron chi connectivity index (χ2n) is 4.10. The Labute approximate surface area is 106 Å². The molecular weight excluding hydrogens is 228 g/mol. The summed E-state index contributed by atoms with van der Waals surface area (Å²) in [5.74, 6) is 0.487. The minimum atomic E-state index is -0.193. The van der Waals surface area contributed by atoms with E-state index in [1.807, 2.05) is 26.0 Å². The number of nitrogens with one attached hydrogen (secondary N) is 1. The van der Waals surface area contributed by atoms with Crippen LogP contribution in [0.25, 0.3) is 0 Å². The molecular formula is C14H16N2O2. The van der Waals surface area contributed by atoms with E-state index in [0.29, 0.717) is 29.1 Å². The summed E-state index contributed by atoms with van der Waals surface area (Å²) in [4.78, 5) is 12.1. The van der Waals surface area contributed by atoms with E-state index in [-0.39, 0.29) is 5.91 Å². The standard InChI is InChI=1S/C14H16N2O2/c1-3-12-10(7-8-18-12)14(17)16-13-9(2)5-4-6-11(13)15/h4-8H,3,15H2,1-2H3,(H,16,17). The highest BCUT2D eigenvalue weighted by molar-refractivity contribution is 6.06. The van der Waals surface area contributed by atoms with Crippen LogP contribution in [0.1, 0.15) is 28.6 Å². The normalized spacial score (nSPS) is 10.3. The Hall–Kier alpha value is -2.23. The zero-order valence-electron chi connectivity index (χ0n) is 10.5. The average Bonchev–Trinajstić information content (AvgIpc) is 2.82. The molecule has 2 rings (SSSR count). The minimum Gasteiger partial charge on any atom is -0.469 e. The molecule has 0 unspecified atom stereocenters. The number of benzene rings is 1. The topological polar surface area (TPSA) is 68.3 Å². The number of anilines is 2. The molecule has 1 amide bonds. The predicted octanol–water partition coefficient (Wildman–Crippen LogP) is 2.98. The molecule has 0 aliphatic rings. The van der Waals surface area contributed by atoms with Gasteiger partial charge in [0.1, 0.15) is 5.76 Å². The average molecular weight is 244 g/mol. The summed E-state index contributed by atoms with van der Waals surface area (Å²) >= 11 is 0. The van der Waals surface area contributed by atoms with Gasteiger partial charge in [0, 0.05) is 6.42 Å². The van der Waals surface area contributed by atoms with Crippen LogP contribution in [0.2, 0.25) is 0 Å². The van der Waals surface area contributed by atoms with Crippen LogP contribution in [0.15, 0.2) is 34.9 Å². The Morgan fingerprint density at radius 2 is 2.17 bits per heavy atom. The van der Waals surface area contributed by atoms with E-state index in [2.05, 4.69) is 5.32 Å². The van der Waals surface area contributed by atoms with Crippen LogP contribution in [0.5, 0.6) is 0 Å². The summed E-state index contributed by atoms with van der Waals surface area (Å²) in [7, 11) is 0. The molecule has 0 spiro atoms. The number of nitrogen functional groups attached to an aromatic ring is 1. The second kappa shape index (κ2) is 4.96. The number of rotatable bonds is 3. The zero-order valence-corrected chi connectivity index (χ0v) is 10.5. The monoisotopic (exact) mass is 244 g/mol. The van der Waals surface area contributed by atoms with E-state index in [9.17, 15) is 4.79 Å². The molecule has 0 saturated carbocycles. The van der Waals surface area contributed by atoms with Crippen molar-refractivity contribution in [2.75, 3.05) is 11.1 Å². The fourth-order valence-electron chi connectivity index (χ4n) is 1.86. The molecule has 94 valence electrons. The first-order chi connectivity index (χ1) is 8.63. The van der Waals surface area contributed by atoms with Crippen LogP contribution in [0.3, 0.4) is 0 Å². The molecule has 0 atom stereocenters. The second-order valence-corrected chi connectivity index (χ2v) is 4.10. The number of amides is 1. The molecule has 2 aromatic rings. The maximum Gasteiger partial charge on any atom is 0.259 e. The lowest BCUT2D eigenvalue weighted by Gasteiger charge is -2.10. The van der Waals surface area contributed by atoms with Gasteiger partial charge in [0.2, 0.25) is 0 Å². The van der Waals surface area contributed by atoms with Gasteiger partial charge in [-0.2, -0.15) is 0 Å². The van der Waals surface area contributed by atoms with Gasteiger partial charge in [0.15, 0.2) is 0 Å². The highest BCUT2D eigenvalue weighted by Gasteiger charge is 2.15. The van der Waals surface area contributed by atoms with Crippen LogP contribution < -0.4 is 11.1 Å². The zero-order chi connectivity index (χ0) is 13.1. The first-order valence-corrected chi connectivity index (χ1v) is 5.86. The number of carbonyl (C=O) groups excluding carboxylic acids is 1. The van der Waals surface area contributed by atoms with Gasteiger partial charge in [-0.3, -0.25) is 4.79 Å². The molecule has 3 N–H and O–H groups in total. The summed E-state index contributed by atoms with van der Waals surface area (Å²) < 4.78 is 5.24. The van der Waals surface area contributed by atoms with E-state index in [1.165, 1.54) is 6.26 Å². The molecule has 0 saturated heterocycles. The summed E-state index contributed by atoms with van der Waals surface area (Å²) in [5, 5.41) is 2.83. The third-order valence-corrected chi connectivity index (χ3v) is 2.85. The first kappa shape index (κ1) is 12.2. The molecule has 0 radical (unpaired) electrons. The van der Waals surface area contributed by atoms with E-state index in [4.69, 9.17) is 10.2 Å². The molecule has 0 bridgehead atoms. The van der Waals surface area contributed by atoms with E-state index in [0.717, 1.165) is 5.56 Å². The predicted molar refractivity (Wildman–Crippen MR) is 71.6 cm³/mol. The molecule has 4 nitrogen and oxygen atoms in total. The summed E-state index contributed by atoms with van der Waals surface area (Å²) in [6, 6.07) is 7.19. The number of carbonyl (C=O) groups is 1. The maximum absolute atomic E-state index is 12.1. The number of hydrogen-bond acceptors (Lipinski definition) is 3. The van der Waals surface area contributed by atoms with Gasteiger partial charge in [-0.25, -0.2) is 0 Å². The Morgan fingerprint density at radius 3 is 2.83 bits per heavy atom. The number of para-hydroxylation sites is 1. The molecule has 1 aromatic carbocycles. The van der Waals surface area contributed by atoms with Gasteiger partial charge >= 0.3 is 0 Å². The largest absolute Gasteiger partial charge is 0.469 e. The van der Waals surface area contributed by atoms with Crippen LogP contribution in [-0.2, 0) is 6.42 Å². The number of aryl methyl sites for hydroxylation is 2. The van der Waals surface area contributed by atoms with Gasteiger partial charge < -0.3 is 15.5 Å². The van der Waals surface area contributed by atoms with Crippen molar-refractivity contribution >= 4 is 17.3 Å². The Morgan fingerprint density at radius 1 is 1.39 bits per heavy atom. The van der Waals surface area contributed by atoms with Crippen LogP contribution in [-0.4, -0.2) is 5.91 Å². The highest BCUT2D eigenvalue weighted by Crippen LogP contribution is 2.24. The van der Waals surface area contributed by atoms with E-state index in [1.54, 1.807) is 12.1 Å². The Kier molecular flexibility index (Phi) is 3.37. The van der Waals surface area contributed by atoms with Crippen molar-refractivity contribution in [1.82, 2.24) is 0 Å². The third kappa shape index (κ3) is 2.22. The van der Waals surface area contributed by atoms with E-state index < -0.39 is 0 Å². The lowest BCUT2D eigenvalue weighted by Crippen LogP contribution is -2.14. The molecule has 0 fully saturated rings. The molecule has 0 aliphatic heterocycles. The van der Waals surface area contributed by atoms with Gasteiger partial charge in [0.25, 0.3) is 5.91 Å². The van der Waals surface area contributed by atoms with Crippen LogP contribution in [0.4, 0.5) is 11.4 Å². The first-order valence-electron chi connectivity index (χ1n) is 5.86. The van der Waals surface area contributed by atoms with Crippen molar-refractivity contribution in [3.05, 3.63) is 47.4 Å². The van der Waals surface area contributed by atoms with Crippen molar-refractivity contribution in [3.8, 4) is 0 Å². The van der Waals surface area contributed by atoms with Crippen molar-refractivity contribution in [1.29, 1.82) is 0 Å². The van der Waals surface area contributed by atoms with Crippen molar-refractivity contribution in [2.45, 2.75) is 20.3 Å². The van der Waals surface area contributed by atoms with Crippen molar-refractivity contribution in [3.63, 3.8) is 0 Å². The minimum absolute atomic E-state index is 0.193. The molecule has 1 heterocycles. The summed E-state index contributed by atoms with van der Waals surface area (Å²) in [6.45, 7) is 3.85. The molecule has 1 aromatic heterocycles. The summed E-state index contributed by atoms with van der Waals surface area (Å²) in [6.07, 6.45) is 2.20. The smallest absolute Gasteiger partial charge is 0.259 e. The van der Waals surface area contributed by atoms with Gasteiger partial charge in [-0.15, -0.1) is 0 Å². The van der Waals surface area contributed by atoms with Crippen LogP contribution in [0, 0.1) is 6.92 Å². The lowest BCUT2D eigenvalue weighted by molar-refractivity contribution is 0.102. The van der Waals surface area contributed by atoms with Gasteiger partial charge in [-0.05, 0) is 24.6 Å². The van der Waals surface area contributed by atoms with Gasteiger partial charge in [-0.1, -0.05) is 19.1 Å². The number of hydrogen-bond donors (Lipinski definition) is 2. The lowest BCUT2D eigenvalue weighted by atomic mass is 10.1. The fourth-order valence-corrected chi connectivity index (χ4v) is 1.86. The highest BCUT2D eigenvalue weighted by atomic mass is 16.3. The van der Waals surface area contributed by atoms with Gasteiger partial charge in [0.05, 0.1) is 23.2 Å². The molecule has 4 heteroatoms. The summed E-state index contributed by atoms with van der Waals surface area (Å²) in [5.41, 5.74) is 8.56.